The van der Waals surface area contributed by atoms with Gasteiger partial charge >= 0.3 is 6.18 Å². The fraction of sp³-hybridized carbons (Fsp3) is 0.300. The Morgan fingerprint density at radius 3 is 2.55 bits per heavy atom. The molecule has 0 aliphatic heterocycles. The third-order valence-corrected chi connectivity index (χ3v) is 4.53. The zero-order valence-electron chi connectivity index (χ0n) is 11.2. The summed E-state index contributed by atoms with van der Waals surface area (Å²) in [6, 6.07) is 2.98. The highest BCUT2D eigenvalue weighted by Crippen LogP contribution is 2.32. The number of fused-ring (bicyclic) bond motifs is 1. The predicted octanol–water partition coefficient (Wildman–Crippen LogP) is 2.21. The lowest BCUT2D eigenvalue weighted by molar-refractivity contribution is -0.146. The summed E-state index contributed by atoms with van der Waals surface area (Å²) in [7, 11) is 3.65. The molecule has 0 atom stereocenters. The van der Waals surface area contributed by atoms with Crippen LogP contribution in [0.2, 0.25) is 0 Å². The maximum absolute atomic E-state index is 12.8. The van der Waals surface area contributed by atoms with E-state index in [4.69, 9.17) is 0 Å². The van der Waals surface area contributed by atoms with Gasteiger partial charge in [-0.1, -0.05) is 11.3 Å². The van der Waals surface area contributed by atoms with Crippen molar-refractivity contribution in [3.63, 3.8) is 0 Å². The van der Waals surface area contributed by atoms with Gasteiger partial charge in [0.1, 0.15) is 5.03 Å². The van der Waals surface area contributed by atoms with Crippen LogP contribution in [0.3, 0.4) is 0 Å². The third kappa shape index (κ3) is 2.83. The van der Waals surface area contributed by atoms with Gasteiger partial charge in [0.05, 0.1) is 0 Å². The molecule has 0 bridgehead atoms. The Balaban J connectivity index is 1.94. The monoisotopic (exact) mass is 347 g/mol. The summed E-state index contributed by atoms with van der Waals surface area (Å²) in [5, 5.41) is 19.4. The lowest BCUT2D eigenvalue weighted by Gasteiger charge is -2.04. The summed E-state index contributed by atoms with van der Waals surface area (Å²) in [6.07, 6.45) is -4.61. The molecule has 22 heavy (non-hydrogen) atoms. The van der Waals surface area contributed by atoms with Gasteiger partial charge in [-0.3, -0.25) is 0 Å². The zero-order valence-corrected chi connectivity index (χ0v) is 12.9. The molecule has 0 fully saturated rings. The van der Waals surface area contributed by atoms with E-state index in [9.17, 15) is 13.2 Å². The summed E-state index contributed by atoms with van der Waals surface area (Å²) in [5.74, 6) is -1.16. The number of rotatable bonds is 3. The van der Waals surface area contributed by atoms with Crippen LogP contribution in [0.5, 0.6) is 0 Å². The van der Waals surface area contributed by atoms with Crippen molar-refractivity contribution >= 4 is 33.9 Å². The number of aromatic nitrogens is 6. The summed E-state index contributed by atoms with van der Waals surface area (Å²) >= 11 is 2.44. The average Bonchev–Trinajstić information content (AvgIpc) is 3.03. The minimum atomic E-state index is -4.61. The molecule has 0 unspecified atom stereocenters. The van der Waals surface area contributed by atoms with Crippen molar-refractivity contribution in [1.82, 2.24) is 30.0 Å². The smallest absolute Gasteiger partial charge is 0.353 e. The first-order valence-electron chi connectivity index (χ1n) is 5.83. The van der Waals surface area contributed by atoms with Gasteiger partial charge in [-0.2, -0.15) is 22.8 Å². The van der Waals surface area contributed by atoms with E-state index in [1.165, 1.54) is 17.4 Å². The molecule has 0 amide bonds. The van der Waals surface area contributed by atoms with E-state index in [1.54, 1.807) is 11.0 Å². The first kappa shape index (κ1) is 15.0. The maximum atomic E-state index is 12.8. The first-order chi connectivity index (χ1) is 10.3. The molecule has 3 rings (SSSR count). The van der Waals surface area contributed by atoms with Crippen LogP contribution in [0.25, 0.3) is 5.65 Å². The second-order valence-corrected chi connectivity index (χ2v) is 6.53. The van der Waals surface area contributed by atoms with Gasteiger partial charge in [-0.05, 0) is 23.9 Å². The van der Waals surface area contributed by atoms with Crippen molar-refractivity contribution in [3.8, 4) is 0 Å². The zero-order chi connectivity index (χ0) is 15.9. The number of anilines is 1. The van der Waals surface area contributed by atoms with Crippen molar-refractivity contribution in [2.24, 2.45) is 0 Å². The second-order valence-electron chi connectivity index (χ2n) is 4.31. The second kappa shape index (κ2) is 5.35. The van der Waals surface area contributed by atoms with Crippen molar-refractivity contribution < 1.29 is 13.2 Å². The lowest BCUT2D eigenvalue weighted by atomic mass is 10.5. The largest absolute Gasteiger partial charge is 0.453 e. The van der Waals surface area contributed by atoms with Crippen molar-refractivity contribution in [2.45, 2.75) is 15.5 Å². The van der Waals surface area contributed by atoms with Gasteiger partial charge < -0.3 is 4.90 Å². The molecule has 7 nitrogen and oxygen atoms in total. The van der Waals surface area contributed by atoms with Crippen molar-refractivity contribution in [1.29, 1.82) is 0 Å². The van der Waals surface area contributed by atoms with E-state index >= 15 is 0 Å². The topological polar surface area (TPSA) is 72.1 Å². The Morgan fingerprint density at radius 1 is 1.14 bits per heavy atom. The van der Waals surface area contributed by atoms with Gasteiger partial charge in [0.2, 0.25) is 5.13 Å². The van der Waals surface area contributed by atoms with E-state index in [-0.39, 0.29) is 5.65 Å². The summed E-state index contributed by atoms with van der Waals surface area (Å²) in [4.78, 5) is 1.79. The Kier molecular flexibility index (Phi) is 3.64. The Hall–Kier alpha value is -1.95. The first-order valence-corrected chi connectivity index (χ1v) is 7.46. The van der Waals surface area contributed by atoms with Crippen LogP contribution >= 0.6 is 23.1 Å². The Labute approximate surface area is 130 Å². The average molecular weight is 347 g/mol. The number of halogens is 3. The molecule has 0 aliphatic carbocycles. The summed E-state index contributed by atoms with van der Waals surface area (Å²) < 4.78 is 39.7. The fourth-order valence-electron chi connectivity index (χ4n) is 1.52. The molecule has 0 saturated heterocycles. The lowest BCUT2D eigenvalue weighted by Crippen LogP contribution is -2.12. The number of hydrogen-bond donors (Lipinski definition) is 0. The van der Waals surface area contributed by atoms with Crippen molar-refractivity contribution in [2.75, 3.05) is 19.0 Å². The maximum Gasteiger partial charge on any atom is 0.453 e. The molecule has 12 heteroatoms. The van der Waals surface area contributed by atoms with Crippen molar-refractivity contribution in [3.05, 3.63) is 18.0 Å². The van der Waals surface area contributed by atoms with Crippen LogP contribution in [0, 0.1) is 0 Å². The highest BCUT2D eigenvalue weighted by atomic mass is 32.2. The van der Waals surface area contributed by atoms with Crippen LogP contribution in [-0.2, 0) is 6.18 Å². The van der Waals surface area contributed by atoms with Gasteiger partial charge in [-0.25, -0.2) is 0 Å². The molecule has 0 saturated carbocycles. The van der Waals surface area contributed by atoms with E-state index in [2.05, 4.69) is 25.5 Å². The minimum absolute atomic E-state index is 0.0305. The predicted molar refractivity (Wildman–Crippen MR) is 74.1 cm³/mol. The summed E-state index contributed by atoms with van der Waals surface area (Å²) in [5.41, 5.74) is 0.0305. The molecule has 3 heterocycles. The SMILES string of the molecule is CN(C)c1nnc(Sc2ccc3nnc(C(F)(F)F)n3n2)s1. The van der Waals surface area contributed by atoms with Crippen LogP contribution in [0.4, 0.5) is 18.3 Å². The number of hydrogen-bond acceptors (Lipinski definition) is 8. The molecule has 0 spiro atoms. The van der Waals surface area contributed by atoms with Crippen LogP contribution < -0.4 is 4.90 Å². The van der Waals surface area contributed by atoms with Crippen LogP contribution in [0.1, 0.15) is 5.82 Å². The molecule has 3 aromatic rings. The van der Waals surface area contributed by atoms with Gasteiger partial charge in [0, 0.05) is 14.1 Å². The summed E-state index contributed by atoms with van der Waals surface area (Å²) in [6.45, 7) is 0. The van der Waals surface area contributed by atoms with Crippen LogP contribution in [-0.4, -0.2) is 44.1 Å². The third-order valence-electron chi connectivity index (χ3n) is 2.46. The number of alkyl halides is 3. The molecular weight excluding hydrogens is 339 g/mol. The molecule has 0 radical (unpaired) electrons. The molecule has 3 aromatic heterocycles. The normalized spacial score (nSPS) is 12.0. The molecule has 0 N–H and O–H groups in total. The van der Waals surface area contributed by atoms with E-state index in [0.717, 1.165) is 11.8 Å². The molecule has 116 valence electrons. The highest BCUT2D eigenvalue weighted by molar-refractivity contribution is 8.01. The quantitative estimate of drug-likeness (QED) is 0.719. The fourth-order valence-corrected chi connectivity index (χ4v) is 3.18. The molecular formula is C10H8F3N7S2. The minimum Gasteiger partial charge on any atom is -0.353 e. The Bertz CT molecular complexity index is 810. The molecule has 0 aromatic carbocycles. The highest BCUT2D eigenvalue weighted by Gasteiger charge is 2.37. The van der Waals surface area contributed by atoms with E-state index in [0.29, 0.717) is 19.0 Å². The number of nitrogens with zero attached hydrogens (tertiary/aromatic N) is 7. The van der Waals surface area contributed by atoms with Crippen LogP contribution in [0.15, 0.2) is 21.5 Å². The molecule has 0 aliphatic rings. The standard InChI is InChI=1S/C10H8F3N7S2/c1-19(2)8-16-17-9(22-8)21-6-4-3-5-14-15-7(10(11,12)13)20(5)18-6/h3-4H,1-2H3. The Morgan fingerprint density at radius 2 is 1.91 bits per heavy atom. The van der Waals surface area contributed by atoms with Gasteiger partial charge in [0.25, 0.3) is 5.82 Å². The van der Waals surface area contributed by atoms with Gasteiger partial charge in [0.15, 0.2) is 9.99 Å². The van der Waals surface area contributed by atoms with Gasteiger partial charge in [-0.15, -0.1) is 20.4 Å². The van der Waals surface area contributed by atoms with E-state index < -0.39 is 12.0 Å². The van der Waals surface area contributed by atoms with E-state index in [1.807, 2.05) is 14.1 Å².